The van der Waals surface area contributed by atoms with Crippen LogP contribution in [0.4, 0.5) is 9.18 Å². The van der Waals surface area contributed by atoms with Gasteiger partial charge in [0.25, 0.3) is 0 Å². The monoisotopic (exact) mass is 418 g/mol. The summed E-state index contributed by atoms with van der Waals surface area (Å²) >= 11 is 0. The van der Waals surface area contributed by atoms with Gasteiger partial charge in [0, 0.05) is 13.0 Å². The largest absolute Gasteiger partial charge is 0.489 e. The van der Waals surface area contributed by atoms with Crippen molar-refractivity contribution in [1.82, 2.24) is 10.6 Å². The lowest BCUT2D eigenvalue weighted by Gasteiger charge is -2.14. The van der Waals surface area contributed by atoms with Crippen LogP contribution in [-0.4, -0.2) is 40.8 Å². The highest BCUT2D eigenvalue weighted by atomic mass is 19.1. The zero-order valence-electron chi connectivity index (χ0n) is 16.1. The van der Waals surface area contributed by atoms with Gasteiger partial charge in [-0.05, 0) is 48.2 Å². The first-order valence-corrected chi connectivity index (χ1v) is 9.28. The van der Waals surface area contributed by atoms with E-state index < -0.39 is 24.0 Å². The molecule has 0 saturated heterocycles. The second kappa shape index (κ2) is 11.4. The van der Waals surface area contributed by atoms with E-state index in [0.717, 1.165) is 11.1 Å². The lowest BCUT2D eigenvalue weighted by molar-refractivity contribution is -0.140. The summed E-state index contributed by atoms with van der Waals surface area (Å²) in [5.74, 6) is -2.07. The van der Waals surface area contributed by atoms with Crippen molar-refractivity contribution in [3.05, 3.63) is 65.5 Å². The molecule has 2 amide bonds. The number of carboxylic acid groups (broad SMARTS) is 2. The number of ether oxygens (including phenoxy) is 1. The second-order valence-electron chi connectivity index (χ2n) is 6.53. The summed E-state index contributed by atoms with van der Waals surface area (Å²) in [6, 6.07) is 11.3. The van der Waals surface area contributed by atoms with Crippen LogP contribution < -0.4 is 15.4 Å². The van der Waals surface area contributed by atoms with Gasteiger partial charge in [0.1, 0.15) is 24.2 Å². The van der Waals surface area contributed by atoms with Gasteiger partial charge in [0.2, 0.25) is 0 Å². The summed E-state index contributed by atoms with van der Waals surface area (Å²) in [6.07, 6.45) is -0.0389. The summed E-state index contributed by atoms with van der Waals surface area (Å²) in [5, 5.41) is 22.4. The predicted molar refractivity (Wildman–Crippen MR) is 106 cm³/mol. The molecule has 160 valence electrons. The summed E-state index contributed by atoms with van der Waals surface area (Å²) in [6.45, 7) is 0.584. The van der Waals surface area contributed by atoms with Crippen LogP contribution in [0.3, 0.4) is 0 Å². The number of carboxylic acids is 2. The molecule has 1 atom stereocenters. The fourth-order valence-corrected chi connectivity index (χ4v) is 2.55. The molecule has 0 aliphatic rings. The zero-order valence-corrected chi connectivity index (χ0v) is 16.1. The molecule has 2 aromatic carbocycles. The fourth-order valence-electron chi connectivity index (χ4n) is 2.55. The first kappa shape index (κ1) is 22.7. The maximum Gasteiger partial charge on any atom is 0.326 e. The summed E-state index contributed by atoms with van der Waals surface area (Å²) in [7, 11) is 0. The standard InChI is InChI=1S/C21H23FN2O6/c22-16-5-1-15(2-6-16)13-30-17-7-3-14(4-8-17)11-12-23-21(29)24-18(20(27)28)9-10-19(25)26/h1-8,18H,9-13H2,(H,25,26)(H,27,28)(H2,23,24,29)/t18-/m0/s1. The molecule has 2 aromatic rings. The Morgan fingerprint density at radius 2 is 1.60 bits per heavy atom. The van der Waals surface area contributed by atoms with Crippen molar-refractivity contribution in [3.63, 3.8) is 0 Å². The molecule has 0 bridgehead atoms. The Kier molecular flexibility index (Phi) is 8.61. The molecule has 0 aromatic heterocycles. The van der Waals surface area contributed by atoms with Crippen LogP contribution in [0.25, 0.3) is 0 Å². The van der Waals surface area contributed by atoms with Crippen molar-refractivity contribution < 1.29 is 33.7 Å². The van der Waals surface area contributed by atoms with E-state index in [9.17, 15) is 18.8 Å². The molecule has 2 rings (SSSR count). The number of hydrogen-bond acceptors (Lipinski definition) is 4. The quantitative estimate of drug-likeness (QED) is 0.445. The van der Waals surface area contributed by atoms with Gasteiger partial charge in [-0.2, -0.15) is 0 Å². The van der Waals surface area contributed by atoms with Crippen LogP contribution >= 0.6 is 0 Å². The number of aliphatic carboxylic acids is 2. The Morgan fingerprint density at radius 1 is 0.967 bits per heavy atom. The molecule has 9 heteroatoms. The van der Waals surface area contributed by atoms with Crippen LogP contribution in [0.15, 0.2) is 48.5 Å². The second-order valence-corrected chi connectivity index (χ2v) is 6.53. The maximum atomic E-state index is 12.9. The van der Waals surface area contributed by atoms with Crippen molar-refractivity contribution in [3.8, 4) is 5.75 Å². The number of carbonyl (C=O) groups excluding carboxylic acids is 1. The Hall–Kier alpha value is -3.62. The van der Waals surface area contributed by atoms with Gasteiger partial charge in [-0.15, -0.1) is 0 Å². The average Bonchev–Trinajstić information content (AvgIpc) is 2.71. The molecule has 0 spiro atoms. The van der Waals surface area contributed by atoms with Gasteiger partial charge in [-0.25, -0.2) is 14.0 Å². The molecule has 0 unspecified atom stereocenters. The number of urea groups is 1. The molecule has 0 radical (unpaired) electrons. The van der Waals surface area contributed by atoms with E-state index in [4.69, 9.17) is 14.9 Å². The van der Waals surface area contributed by atoms with Crippen molar-refractivity contribution in [2.24, 2.45) is 0 Å². The van der Waals surface area contributed by atoms with Crippen LogP contribution in [-0.2, 0) is 22.6 Å². The molecule has 30 heavy (non-hydrogen) atoms. The van der Waals surface area contributed by atoms with Crippen molar-refractivity contribution in [2.45, 2.75) is 31.9 Å². The smallest absolute Gasteiger partial charge is 0.326 e. The molecule has 0 fully saturated rings. The number of amides is 2. The molecular weight excluding hydrogens is 395 g/mol. The van der Waals surface area contributed by atoms with Gasteiger partial charge in [-0.3, -0.25) is 4.79 Å². The van der Waals surface area contributed by atoms with Gasteiger partial charge in [0.05, 0.1) is 0 Å². The highest BCUT2D eigenvalue weighted by Gasteiger charge is 2.20. The lowest BCUT2D eigenvalue weighted by atomic mass is 10.1. The van der Waals surface area contributed by atoms with Crippen LogP contribution in [0.2, 0.25) is 0 Å². The van der Waals surface area contributed by atoms with Gasteiger partial charge in [0.15, 0.2) is 0 Å². The Balaban J connectivity index is 1.72. The van der Waals surface area contributed by atoms with Crippen molar-refractivity contribution in [1.29, 1.82) is 0 Å². The predicted octanol–water partition coefficient (Wildman–Crippen LogP) is 2.56. The van der Waals surface area contributed by atoms with Crippen LogP contribution in [0.5, 0.6) is 5.75 Å². The van der Waals surface area contributed by atoms with E-state index in [1.807, 2.05) is 12.1 Å². The number of rotatable bonds is 11. The molecule has 8 nitrogen and oxygen atoms in total. The van der Waals surface area contributed by atoms with Crippen LogP contribution in [0, 0.1) is 5.82 Å². The Morgan fingerprint density at radius 3 is 2.20 bits per heavy atom. The molecule has 0 saturated carbocycles. The number of carbonyl (C=O) groups is 3. The number of hydrogen-bond donors (Lipinski definition) is 4. The van der Waals surface area contributed by atoms with Crippen molar-refractivity contribution >= 4 is 18.0 Å². The first-order valence-electron chi connectivity index (χ1n) is 9.28. The minimum atomic E-state index is -1.29. The first-order chi connectivity index (χ1) is 14.3. The Bertz CT molecular complexity index is 855. The number of halogens is 1. The van der Waals surface area contributed by atoms with E-state index in [1.54, 1.807) is 24.3 Å². The Labute approximate surface area is 172 Å². The minimum Gasteiger partial charge on any atom is -0.489 e. The van der Waals surface area contributed by atoms with Crippen molar-refractivity contribution in [2.75, 3.05) is 6.54 Å². The van der Waals surface area contributed by atoms with E-state index in [1.165, 1.54) is 12.1 Å². The van der Waals surface area contributed by atoms with Gasteiger partial charge < -0.3 is 25.6 Å². The third-order valence-corrected chi connectivity index (χ3v) is 4.19. The SMILES string of the molecule is O=C(O)CC[C@H](NC(=O)NCCc1ccc(OCc2ccc(F)cc2)cc1)C(=O)O. The summed E-state index contributed by atoms with van der Waals surface area (Å²) < 4.78 is 18.5. The van der Waals surface area contributed by atoms with Gasteiger partial charge >= 0.3 is 18.0 Å². The minimum absolute atomic E-state index is 0.197. The lowest BCUT2D eigenvalue weighted by Crippen LogP contribution is -2.46. The van der Waals surface area contributed by atoms with E-state index in [0.29, 0.717) is 18.8 Å². The van der Waals surface area contributed by atoms with E-state index >= 15 is 0 Å². The maximum absolute atomic E-state index is 12.9. The third kappa shape index (κ3) is 8.17. The third-order valence-electron chi connectivity index (χ3n) is 4.19. The van der Waals surface area contributed by atoms with Gasteiger partial charge in [-0.1, -0.05) is 24.3 Å². The highest BCUT2D eigenvalue weighted by Crippen LogP contribution is 2.15. The molecule has 4 N–H and O–H groups in total. The molecule has 0 aliphatic carbocycles. The topological polar surface area (TPSA) is 125 Å². The molecular formula is C21H23FN2O6. The average molecular weight is 418 g/mol. The number of nitrogens with one attached hydrogen (secondary N) is 2. The van der Waals surface area contributed by atoms with Crippen LogP contribution in [0.1, 0.15) is 24.0 Å². The normalized spacial score (nSPS) is 11.4. The molecule has 0 heterocycles. The zero-order chi connectivity index (χ0) is 21.9. The summed E-state index contributed by atoms with van der Waals surface area (Å²) in [4.78, 5) is 33.4. The van der Waals surface area contributed by atoms with E-state index in [-0.39, 0.29) is 25.2 Å². The summed E-state index contributed by atoms with van der Waals surface area (Å²) in [5.41, 5.74) is 1.78. The molecule has 0 aliphatic heterocycles. The van der Waals surface area contributed by atoms with E-state index in [2.05, 4.69) is 10.6 Å². The number of benzene rings is 2. The fraction of sp³-hybridized carbons (Fsp3) is 0.286. The highest BCUT2D eigenvalue weighted by molar-refractivity contribution is 5.83.